The van der Waals surface area contributed by atoms with Crippen LogP contribution >= 0.6 is 0 Å². The van der Waals surface area contributed by atoms with Crippen molar-refractivity contribution in [3.63, 3.8) is 0 Å². The van der Waals surface area contributed by atoms with Crippen molar-refractivity contribution in [2.24, 2.45) is 0 Å². The number of carbonyl (C=O) groups excluding carboxylic acids is 2. The van der Waals surface area contributed by atoms with Crippen molar-refractivity contribution in [1.29, 1.82) is 0 Å². The molecule has 2 aromatic rings. The molecule has 1 amide bonds. The minimum atomic E-state index is -0.351. The van der Waals surface area contributed by atoms with Crippen molar-refractivity contribution in [3.8, 4) is 5.69 Å². The molecule has 0 aliphatic carbocycles. The number of carbonyl (C=O) groups is 2. The van der Waals surface area contributed by atoms with E-state index in [2.05, 4.69) is 15.2 Å². The molecule has 0 atom stereocenters. The van der Waals surface area contributed by atoms with Gasteiger partial charge in [0.1, 0.15) is 0 Å². The average molecular weight is 315 g/mol. The molecule has 0 aliphatic rings. The smallest absolute Gasteiger partial charge is 0.307 e. The Bertz CT molecular complexity index is 690. The molecule has 6 nitrogen and oxygen atoms in total. The fourth-order valence-electron chi connectivity index (χ4n) is 2.29. The summed E-state index contributed by atoms with van der Waals surface area (Å²) in [5, 5.41) is 7.05. The van der Waals surface area contributed by atoms with Crippen LogP contribution in [0, 0.1) is 6.92 Å². The van der Waals surface area contributed by atoms with Crippen LogP contribution in [-0.4, -0.2) is 35.3 Å². The normalized spacial score (nSPS) is 10.4. The van der Waals surface area contributed by atoms with Crippen LogP contribution in [-0.2, 0) is 16.0 Å². The molecule has 1 N–H and O–H groups in total. The Morgan fingerprint density at radius 3 is 2.57 bits per heavy atom. The van der Waals surface area contributed by atoms with Gasteiger partial charge in [0.2, 0.25) is 0 Å². The number of ether oxygens (including phenoxy) is 1. The summed E-state index contributed by atoms with van der Waals surface area (Å²) >= 11 is 0. The molecule has 0 spiro atoms. The summed E-state index contributed by atoms with van der Waals surface area (Å²) in [5.74, 6) is -0.583. The highest BCUT2D eigenvalue weighted by Gasteiger charge is 2.17. The van der Waals surface area contributed by atoms with Crippen LogP contribution < -0.4 is 5.32 Å². The summed E-state index contributed by atoms with van der Waals surface area (Å²) in [6.45, 7) is 4.24. The lowest BCUT2D eigenvalue weighted by molar-refractivity contribution is -0.140. The number of esters is 1. The zero-order chi connectivity index (χ0) is 16.8. The number of benzene rings is 1. The van der Waals surface area contributed by atoms with Gasteiger partial charge in [-0.2, -0.15) is 5.10 Å². The van der Waals surface area contributed by atoms with Crippen molar-refractivity contribution >= 4 is 11.9 Å². The molecule has 1 aromatic carbocycles. The Labute approximate surface area is 135 Å². The van der Waals surface area contributed by atoms with Gasteiger partial charge in [-0.15, -0.1) is 0 Å². The van der Waals surface area contributed by atoms with Gasteiger partial charge in [-0.05, 0) is 25.5 Å². The zero-order valence-electron chi connectivity index (χ0n) is 13.6. The first-order chi connectivity index (χ1) is 11.1. The molecule has 122 valence electrons. The van der Waals surface area contributed by atoms with E-state index in [1.165, 1.54) is 12.7 Å². The predicted octanol–water partition coefficient (Wildman–Crippen LogP) is 2.04. The van der Waals surface area contributed by atoms with Gasteiger partial charge in [-0.25, -0.2) is 4.68 Å². The summed E-state index contributed by atoms with van der Waals surface area (Å²) in [5.41, 5.74) is 3.45. The summed E-state index contributed by atoms with van der Waals surface area (Å²) in [6.07, 6.45) is 2.38. The molecule has 0 radical (unpaired) electrons. The first-order valence-corrected chi connectivity index (χ1v) is 7.55. The van der Waals surface area contributed by atoms with E-state index in [1.54, 1.807) is 10.9 Å². The van der Waals surface area contributed by atoms with E-state index in [9.17, 15) is 9.59 Å². The van der Waals surface area contributed by atoms with Gasteiger partial charge in [0.25, 0.3) is 5.91 Å². The third-order valence-electron chi connectivity index (χ3n) is 3.57. The fraction of sp³-hybridized carbons (Fsp3) is 0.353. The van der Waals surface area contributed by atoms with Crippen molar-refractivity contribution < 1.29 is 14.3 Å². The van der Waals surface area contributed by atoms with Gasteiger partial charge >= 0.3 is 5.97 Å². The summed E-state index contributed by atoms with van der Waals surface area (Å²) in [7, 11) is 1.32. The number of nitrogens with one attached hydrogen (secondary N) is 1. The second-order valence-corrected chi connectivity index (χ2v) is 5.19. The maximum atomic E-state index is 12.3. The maximum Gasteiger partial charge on any atom is 0.307 e. The second kappa shape index (κ2) is 7.58. The third-order valence-corrected chi connectivity index (χ3v) is 3.57. The van der Waals surface area contributed by atoms with Crippen molar-refractivity contribution in [2.45, 2.75) is 26.7 Å². The van der Waals surface area contributed by atoms with Gasteiger partial charge in [0.15, 0.2) is 0 Å². The molecule has 0 fully saturated rings. The topological polar surface area (TPSA) is 73.2 Å². The number of amides is 1. The molecule has 0 bridgehead atoms. The second-order valence-electron chi connectivity index (χ2n) is 5.19. The van der Waals surface area contributed by atoms with Crippen LogP contribution in [0.4, 0.5) is 0 Å². The Hall–Kier alpha value is -2.63. The van der Waals surface area contributed by atoms with Crippen molar-refractivity contribution in [2.75, 3.05) is 13.7 Å². The standard InChI is InChI=1S/C17H21N3O3/c1-4-15-14(17(22)18-10-9-16(21)23-3)11-19-20(15)13-7-5-12(2)6-8-13/h5-8,11H,4,9-10H2,1-3H3,(H,18,22). The van der Waals surface area contributed by atoms with Crippen molar-refractivity contribution in [3.05, 3.63) is 47.3 Å². The van der Waals surface area contributed by atoms with Gasteiger partial charge in [-0.3, -0.25) is 9.59 Å². The Morgan fingerprint density at radius 1 is 1.26 bits per heavy atom. The Morgan fingerprint density at radius 2 is 1.96 bits per heavy atom. The van der Waals surface area contributed by atoms with E-state index >= 15 is 0 Å². The number of methoxy groups -OCH3 is 1. The largest absolute Gasteiger partial charge is 0.469 e. The molecule has 0 aliphatic heterocycles. The van der Waals surface area contributed by atoms with Crippen LogP contribution in [0.5, 0.6) is 0 Å². The molecule has 0 saturated carbocycles. The molecule has 6 heteroatoms. The zero-order valence-corrected chi connectivity index (χ0v) is 13.6. The summed E-state index contributed by atoms with van der Waals surface area (Å²) in [6, 6.07) is 7.96. The fourth-order valence-corrected chi connectivity index (χ4v) is 2.29. The molecule has 0 unspecified atom stereocenters. The molecular formula is C17H21N3O3. The van der Waals surface area contributed by atoms with Crippen LogP contribution in [0.2, 0.25) is 0 Å². The third kappa shape index (κ3) is 3.97. The first kappa shape index (κ1) is 16.7. The Kier molecular flexibility index (Phi) is 5.51. The van der Waals surface area contributed by atoms with E-state index in [4.69, 9.17) is 0 Å². The van der Waals surface area contributed by atoms with E-state index in [1.807, 2.05) is 38.1 Å². The number of hydrogen-bond acceptors (Lipinski definition) is 4. The number of rotatable bonds is 6. The Balaban J connectivity index is 2.15. The number of aryl methyl sites for hydroxylation is 1. The van der Waals surface area contributed by atoms with Crippen LogP contribution in [0.1, 0.15) is 35.0 Å². The van der Waals surface area contributed by atoms with E-state index in [-0.39, 0.29) is 24.8 Å². The van der Waals surface area contributed by atoms with Crippen LogP contribution in [0.15, 0.2) is 30.5 Å². The molecule has 1 aromatic heterocycles. The quantitative estimate of drug-likeness (QED) is 0.828. The molecular weight excluding hydrogens is 294 g/mol. The highest BCUT2D eigenvalue weighted by Crippen LogP contribution is 2.16. The monoisotopic (exact) mass is 315 g/mol. The molecule has 23 heavy (non-hydrogen) atoms. The van der Waals surface area contributed by atoms with E-state index in [0.29, 0.717) is 12.0 Å². The highest BCUT2D eigenvalue weighted by atomic mass is 16.5. The number of hydrogen-bond donors (Lipinski definition) is 1. The van der Waals surface area contributed by atoms with Gasteiger partial charge in [-0.1, -0.05) is 24.6 Å². The predicted molar refractivity (Wildman–Crippen MR) is 86.6 cm³/mol. The van der Waals surface area contributed by atoms with E-state index < -0.39 is 0 Å². The van der Waals surface area contributed by atoms with Gasteiger partial charge < -0.3 is 10.1 Å². The maximum absolute atomic E-state index is 12.3. The summed E-state index contributed by atoms with van der Waals surface area (Å²) < 4.78 is 6.32. The van der Waals surface area contributed by atoms with Crippen molar-refractivity contribution in [1.82, 2.24) is 15.1 Å². The molecule has 1 heterocycles. The number of aromatic nitrogens is 2. The van der Waals surface area contributed by atoms with E-state index in [0.717, 1.165) is 11.4 Å². The lowest BCUT2D eigenvalue weighted by Crippen LogP contribution is -2.27. The molecule has 2 rings (SSSR count). The van der Waals surface area contributed by atoms with Crippen LogP contribution in [0.25, 0.3) is 5.69 Å². The first-order valence-electron chi connectivity index (χ1n) is 7.55. The van der Waals surface area contributed by atoms with Gasteiger partial charge in [0.05, 0.1) is 36.7 Å². The summed E-state index contributed by atoms with van der Waals surface area (Å²) in [4.78, 5) is 23.4. The SMILES string of the molecule is CCc1c(C(=O)NCCC(=O)OC)cnn1-c1ccc(C)cc1. The highest BCUT2D eigenvalue weighted by molar-refractivity contribution is 5.95. The van der Waals surface area contributed by atoms with Crippen LogP contribution in [0.3, 0.4) is 0 Å². The minimum absolute atomic E-state index is 0.149. The average Bonchev–Trinajstić information content (AvgIpc) is 2.99. The molecule has 0 saturated heterocycles. The lowest BCUT2D eigenvalue weighted by atomic mass is 10.1. The van der Waals surface area contributed by atoms with Gasteiger partial charge in [0, 0.05) is 6.54 Å². The minimum Gasteiger partial charge on any atom is -0.469 e. The lowest BCUT2D eigenvalue weighted by Gasteiger charge is -2.08. The number of nitrogens with zero attached hydrogens (tertiary/aromatic N) is 2.